The van der Waals surface area contributed by atoms with Gasteiger partial charge in [-0.25, -0.2) is 9.69 Å². The third-order valence-corrected chi connectivity index (χ3v) is 7.49. The van der Waals surface area contributed by atoms with Crippen molar-refractivity contribution in [2.24, 2.45) is 0 Å². The Balaban J connectivity index is 1.72. The summed E-state index contributed by atoms with van der Waals surface area (Å²) in [5.74, 6) is 1.62. The van der Waals surface area contributed by atoms with Crippen LogP contribution in [0.2, 0.25) is 0 Å². The lowest BCUT2D eigenvalue weighted by Gasteiger charge is -2.32. The van der Waals surface area contributed by atoms with Gasteiger partial charge in [-0.2, -0.15) is 0 Å². The summed E-state index contributed by atoms with van der Waals surface area (Å²) in [5.41, 5.74) is 0.0805. The molecule has 0 aliphatic carbocycles. The first-order valence-corrected chi connectivity index (χ1v) is 12.0. The van der Waals surface area contributed by atoms with Crippen LogP contribution in [-0.4, -0.2) is 54.3 Å². The van der Waals surface area contributed by atoms with E-state index in [0.717, 1.165) is 39.3 Å². The van der Waals surface area contributed by atoms with E-state index in [1.165, 1.54) is 0 Å². The van der Waals surface area contributed by atoms with Crippen LogP contribution in [-0.2, 0) is 16.0 Å². The molecule has 2 aliphatic rings. The standard InChI is InChI=1S/C25H24Cl3NO5/c1-31-16-6-5-14-9-15(18-11-20(32-2)21(33-3)12-19(18)17(14)10-16)13-24-7-4-8-29(24)22(25(26,27)28)34-23(24)30/h5-6,9-12,22H,4,7-8,13H2,1-3H3/t22-,24-/m0/s1. The van der Waals surface area contributed by atoms with Crippen molar-refractivity contribution < 1.29 is 23.7 Å². The van der Waals surface area contributed by atoms with Crippen molar-refractivity contribution in [1.29, 1.82) is 0 Å². The number of ether oxygens (including phenoxy) is 4. The minimum atomic E-state index is -1.74. The fourth-order valence-corrected chi connectivity index (χ4v) is 5.84. The predicted molar refractivity (Wildman–Crippen MR) is 134 cm³/mol. The number of carbonyl (C=O) groups excluding carboxylic acids is 1. The Morgan fingerprint density at radius 3 is 2.35 bits per heavy atom. The number of cyclic esters (lactones) is 1. The molecule has 0 spiro atoms. The number of hydrogen-bond acceptors (Lipinski definition) is 6. The summed E-state index contributed by atoms with van der Waals surface area (Å²) >= 11 is 18.5. The average Bonchev–Trinajstić information content (AvgIpc) is 3.35. The van der Waals surface area contributed by atoms with Gasteiger partial charge in [-0.1, -0.05) is 46.9 Å². The van der Waals surface area contributed by atoms with Gasteiger partial charge in [0.15, 0.2) is 11.5 Å². The summed E-state index contributed by atoms with van der Waals surface area (Å²) in [6.45, 7) is 0.615. The van der Waals surface area contributed by atoms with Crippen LogP contribution in [0.15, 0.2) is 36.4 Å². The first-order valence-electron chi connectivity index (χ1n) is 10.9. The minimum Gasteiger partial charge on any atom is -0.497 e. The van der Waals surface area contributed by atoms with Crippen molar-refractivity contribution in [2.75, 3.05) is 27.9 Å². The lowest BCUT2D eigenvalue weighted by Crippen LogP contribution is -2.50. The number of esters is 1. The molecule has 2 atom stereocenters. The highest BCUT2D eigenvalue weighted by Gasteiger charge is 2.62. The van der Waals surface area contributed by atoms with Gasteiger partial charge in [-0.3, -0.25) is 0 Å². The Hall–Kier alpha value is -2.12. The van der Waals surface area contributed by atoms with Gasteiger partial charge in [0.1, 0.15) is 11.3 Å². The predicted octanol–water partition coefficient (Wildman–Crippen LogP) is 5.65. The maximum atomic E-state index is 13.2. The van der Waals surface area contributed by atoms with Gasteiger partial charge in [0.05, 0.1) is 21.3 Å². The molecule has 3 aromatic carbocycles. The van der Waals surface area contributed by atoms with Gasteiger partial charge in [-0.05, 0) is 64.2 Å². The topological polar surface area (TPSA) is 57.2 Å². The van der Waals surface area contributed by atoms with Gasteiger partial charge in [0.25, 0.3) is 0 Å². The molecule has 180 valence electrons. The molecular formula is C25H24Cl3NO5. The van der Waals surface area contributed by atoms with Crippen LogP contribution in [0.4, 0.5) is 0 Å². The molecule has 0 radical (unpaired) electrons. The Morgan fingerprint density at radius 2 is 1.71 bits per heavy atom. The van der Waals surface area contributed by atoms with Gasteiger partial charge in [0.2, 0.25) is 10.0 Å². The zero-order valence-corrected chi connectivity index (χ0v) is 21.3. The SMILES string of the molecule is COc1ccc2cc(C[C@]34CCCN3[C@H](C(Cl)(Cl)Cl)OC4=O)c3cc(OC)c(OC)cc3c2c1. The number of halogens is 3. The summed E-state index contributed by atoms with van der Waals surface area (Å²) < 4.78 is 20.5. The van der Waals surface area contributed by atoms with Crippen molar-refractivity contribution in [3.63, 3.8) is 0 Å². The van der Waals surface area contributed by atoms with Gasteiger partial charge >= 0.3 is 5.97 Å². The molecule has 34 heavy (non-hydrogen) atoms. The normalized spacial score (nSPS) is 22.8. The second-order valence-corrected chi connectivity index (χ2v) is 11.0. The molecule has 0 unspecified atom stereocenters. The zero-order chi connectivity index (χ0) is 24.3. The summed E-state index contributed by atoms with van der Waals surface area (Å²) in [6.07, 6.45) is 0.931. The number of carbonyl (C=O) groups is 1. The smallest absolute Gasteiger partial charge is 0.328 e. The van der Waals surface area contributed by atoms with Gasteiger partial charge in [-0.15, -0.1) is 0 Å². The molecule has 2 fully saturated rings. The van der Waals surface area contributed by atoms with Crippen LogP contribution in [0.25, 0.3) is 21.5 Å². The zero-order valence-electron chi connectivity index (χ0n) is 19.0. The Kier molecular flexibility index (Phi) is 5.92. The van der Waals surface area contributed by atoms with Crippen LogP contribution in [0.3, 0.4) is 0 Å². The van der Waals surface area contributed by atoms with E-state index >= 15 is 0 Å². The molecule has 0 aromatic heterocycles. The Bertz CT molecular complexity index is 1290. The summed E-state index contributed by atoms with van der Waals surface area (Å²) in [5, 5.41) is 3.94. The highest BCUT2D eigenvalue weighted by molar-refractivity contribution is 6.68. The molecule has 3 aromatic rings. The van der Waals surface area contributed by atoms with E-state index in [-0.39, 0.29) is 5.97 Å². The van der Waals surface area contributed by atoms with E-state index in [9.17, 15) is 4.79 Å². The molecule has 5 rings (SSSR count). The second-order valence-electron chi connectivity index (χ2n) is 8.68. The Labute approximate surface area is 212 Å². The third kappa shape index (κ3) is 3.63. The maximum Gasteiger partial charge on any atom is 0.328 e. The van der Waals surface area contributed by atoms with Crippen LogP contribution >= 0.6 is 34.8 Å². The van der Waals surface area contributed by atoms with Crippen LogP contribution < -0.4 is 14.2 Å². The fourth-order valence-electron chi connectivity index (χ4n) is 5.36. The maximum absolute atomic E-state index is 13.2. The van der Waals surface area contributed by atoms with Crippen molar-refractivity contribution in [2.45, 2.75) is 34.8 Å². The number of nitrogens with zero attached hydrogens (tertiary/aromatic N) is 1. The molecule has 2 heterocycles. The monoisotopic (exact) mass is 523 g/mol. The highest BCUT2D eigenvalue weighted by atomic mass is 35.6. The molecule has 6 nitrogen and oxygen atoms in total. The van der Waals surface area contributed by atoms with E-state index in [4.69, 9.17) is 53.8 Å². The fraction of sp³-hybridized carbons (Fsp3) is 0.400. The van der Waals surface area contributed by atoms with E-state index in [2.05, 4.69) is 6.07 Å². The van der Waals surface area contributed by atoms with E-state index in [0.29, 0.717) is 30.9 Å². The van der Waals surface area contributed by atoms with E-state index in [1.54, 1.807) is 21.3 Å². The summed E-state index contributed by atoms with van der Waals surface area (Å²) in [6, 6.07) is 11.9. The molecule has 0 amide bonds. The molecule has 2 saturated heterocycles. The number of hydrogen-bond donors (Lipinski definition) is 0. The van der Waals surface area contributed by atoms with Crippen molar-refractivity contribution in [3.8, 4) is 17.2 Å². The summed E-state index contributed by atoms with van der Waals surface area (Å²) in [4.78, 5) is 15.2. The van der Waals surface area contributed by atoms with Crippen molar-refractivity contribution >= 4 is 62.3 Å². The molecular weight excluding hydrogens is 501 g/mol. The van der Waals surface area contributed by atoms with Crippen molar-refractivity contribution in [3.05, 3.63) is 42.0 Å². The van der Waals surface area contributed by atoms with Crippen LogP contribution in [0.1, 0.15) is 18.4 Å². The van der Waals surface area contributed by atoms with Crippen LogP contribution in [0.5, 0.6) is 17.2 Å². The van der Waals surface area contributed by atoms with Gasteiger partial charge < -0.3 is 18.9 Å². The molecule has 2 aliphatic heterocycles. The second kappa shape index (κ2) is 8.52. The Morgan fingerprint density at radius 1 is 1.00 bits per heavy atom. The highest BCUT2D eigenvalue weighted by Crippen LogP contribution is 2.49. The first-order chi connectivity index (χ1) is 16.2. The van der Waals surface area contributed by atoms with E-state index in [1.807, 2.05) is 35.2 Å². The largest absolute Gasteiger partial charge is 0.497 e. The molecule has 0 saturated carbocycles. The number of benzene rings is 3. The quantitative estimate of drug-likeness (QED) is 0.244. The molecule has 0 N–H and O–H groups in total. The molecule has 9 heteroatoms. The third-order valence-electron chi connectivity index (χ3n) is 6.93. The number of methoxy groups -OCH3 is 3. The minimum absolute atomic E-state index is 0.357. The lowest BCUT2D eigenvalue weighted by molar-refractivity contribution is -0.145. The first kappa shape index (κ1) is 23.6. The summed E-state index contributed by atoms with van der Waals surface area (Å²) in [7, 11) is 4.85. The number of fused-ring (bicyclic) bond motifs is 4. The molecule has 0 bridgehead atoms. The number of alkyl halides is 3. The van der Waals surface area contributed by atoms with Gasteiger partial charge in [0, 0.05) is 13.0 Å². The number of rotatable bonds is 5. The lowest BCUT2D eigenvalue weighted by atomic mass is 9.85. The van der Waals surface area contributed by atoms with Crippen LogP contribution in [0, 0.1) is 0 Å². The van der Waals surface area contributed by atoms with Crippen molar-refractivity contribution in [1.82, 2.24) is 4.90 Å². The average molecular weight is 525 g/mol. The van der Waals surface area contributed by atoms with E-state index < -0.39 is 15.6 Å².